The minimum Gasteiger partial charge on any atom is -0.344 e. The van der Waals surface area contributed by atoms with Crippen LogP contribution < -0.4 is 4.90 Å². The van der Waals surface area contributed by atoms with Gasteiger partial charge in [0.05, 0.1) is 5.41 Å². The molecule has 0 amide bonds. The van der Waals surface area contributed by atoms with Gasteiger partial charge in [-0.2, -0.15) is 4.58 Å². The van der Waals surface area contributed by atoms with Crippen LogP contribution in [0.3, 0.4) is 0 Å². The molecule has 0 bridgehead atoms. The van der Waals surface area contributed by atoms with Crippen molar-refractivity contribution in [3.05, 3.63) is 120 Å². The van der Waals surface area contributed by atoms with Gasteiger partial charge in [-0.15, -0.1) is 0 Å². The fourth-order valence-corrected chi connectivity index (χ4v) is 6.16. The molecule has 0 atom stereocenters. The van der Waals surface area contributed by atoms with Crippen LogP contribution in [0.15, 0.2) is 109 Å². The number of anilines is 1. The van der Waals surface area contributed by atoms with E-state index in [1.807, 2.05) is 0 Å². The van der Waals surface area contributed by atoms with Gasteiger partial charge in [-0.05, 0) is 49.2 Å². The number of hydrogen-bond acceptors (Lipinski definition) is 1. The second-order valence-corrected chi connectivity index (χ2v) is 10.8. The Morgan fingerprint density at radius 1 is 0.778 bits per heavy atom. The Hall–Kier alpha value is -3.65. The fraction of sp³-hybridized carbons (Fsp3) is 0.265. The second-order valence-electron chi connectivity index (χ2n) is 10.8. The predicted molar refractivity (Wildman–Crippen MR) is 156 cm³/mol. The highest BCUT2D eigenvalue weighted by molar-refractivity contribution is 6.03. The average molecular weight is 474 g/mol. The maximum atomic E-state index is 2.46. The monoisotopic (exact) mass is 473 g/mol. The van der Waals surface area contributed by atoms with E-state index in [0.717, 1.165) is 6.54 Å². The normalized spacial score (nSPS) is 19.5. The molecule has 0 saturated carbocycles. The quantitative estimate of drug-likeness (QED) is 0.267. The Kier molecular flexibility index (Phi) is 6.08. The number of allylic oxidation sites excluding steroid dienone is 8. The average Bonchev–Trinajstić information content (AvgIpc) is 3.22. The van der Waals surface area contributed by atoms with Crippen molar-refractivity contribution in [3.63, 3.8) is 0 Å². The van der Waals surface area contributed by atoms with E-state index >= 15 is 0 Å². The van der Waals surface area contributed by atoms with Gasteiger partial charge in [-0.25, -0.2) is 0 Å². The summed E-state index contributed by atoms with van der Waals surface area (Å²) in [5.74, 6) is 0. The van der Waals surface area contributed by atoms with E-state index in [-0.39, 0.29) is 10.8 Å². The number of fused-ring (bicyclic) bond motifs is 4. The van der Waals surface area contributed by atoms with E-state index < -0.39 is 0 Å². The summed E-state index contributed by atoms with van der Waals surface area (Å²) in [5, 5.41) is 2.67. The largest absolute Gasteiger partial charge is 0.344 e. The molecule has 3 aromatic carbocycles. The van der Waals surface area contributed by atoms with Crippen molar-refractivity contribution in [2.75, 3.05) is 18.5 Å². The molecule has 0 N–H and O–H groups in total. The second kappa shape index (κ2) is 9.09. The van der Waals surface area contributed by atoms with Crippen LogP contribution in [0.4, 0.5) is 11.4 Å². The zero-order valence-electron chi connectivity index (χ0n) is 22.4. The van der Waals surface area contributed by atoms with E-state index in [1.54, 1.807) is 0 Å². The van der Waals surface area contributed by atoms with E-state index in [0.29, 0.717) is 0 Å². The van der Waals surface area contributed by atoms with Gasteiger partial charge in [0.2, 0.25) is 5.69 Å². The van der Waals surface area contributed by atoms with Crippen molar-refractivity contribution in [1.29, 1.82) is 0 Å². The molecule has 182 valence electrons. The standard InChI is InChI=1S/C34H37N2/c1-7-36-29-24-23-25-17-13-14-18-26(25)32(29)34(4,5)31(36)22-12-10-8-9-11-21-30-33(2,3)27-19-15-16-20-28(27)35(30)6/h8-24H,7H2,1-6H3/q+1. The first-order chi connectivity index (χ1) is 17.3. The topological polar surface area (TPSA) is 6.25 Å². The number of benzene rings is 3. The molecule has 2 heterocycles. The summed E-state index contributed by atoms with van der Waals surface area (Å²) in [5.41, 5.74) is 8.07. The molecule has 0 saturated heterocycles. The van der Waals surface area contributed by atoms with E-state index in [2.05, 4.69) is 154 Å². The van der Waals surface area contributed by atoms with Crippen molar-refractivity contribution in [2.24, 2.45) is 0 Å². The lowest BCUT2D eigenvalue weighted by molar-refractivity contribution is -0.401. The molecule has 36 heavy (non-hydrogen) atoms. The smallest absolute Gasteiger partial charge is 0.209 e. The summed E-state index contributed by atoms with van der Waals surface area (Å²) >= 11 is 0. The van der Waals surface area contributed by atoms with Gasteiger partial charge in [0.1, 0.15) is 7.05 Å². The minimum absolute atomic E-state index is 0.00673. The predicted octanol–water partition coefficient (Wildman–Crippen LogP) is 8.22. The van der Waals surface area contributed by atoms with Crippen LogP contribution in [0.1, 0.15) is 45.7 Å². The zero-order chi connectivity index (χ0) is 25.5. The number of likely N-dealkylation sites (N-methyl/N-ethyl adjacent to an activating group) is 1. The molecule has 2 heteroatoms. The number of nitrogens with zero attached hydrogens (tertiary/aromatic N) is 2. The maximum absolute atomic E-state index is 2.46. The van der Waals surface area contributed by atoms with Gasteiger partial charge in [0.15, 0.2) is 5.71 Å². The molecule has 2 nitrogen and oxygen atoms in total. The van der Waals surface area contributed by atoms with Crippen LogP contribution in [0, 0.1) is 0 Å². The Balaban J connectivity index is 1.36. The lowest BCUT2D eigenvalue weighted by atomic mass is 9.81. The van der Waals surface area contributed by atoms with Crippen LogP contribution in [-0.4, -0.2) is 23.9 Å². The molecular formula is C34H37N2+. The molecule has 5 rings (SSSR count). The van der Waals surface area contributed by atoms with Crippen molar-refractivity contribution in [3.8, 4) is 0 Å². The van der Waals surface area contributed by atoms with E-state index in [9.17, 15) is 0 Å². The lowest BCUT2D eigenvalue weighted by Crippen LogP contribution is -2.26. The molecule has 3 aromatic rings. The molecule has 0 unspecified atom stereocenters. The van der Waals surface area contributed by atoms with Crippen molar-refractivity contribution >= 4 is 27.9 Å². The first-order valence-electron chi connectivity index (χ1n) is 13.0. The lowest BCUT2D eigenvalue weighted by Gasteiger charge is -2.26. The highest BCUT2D eigenvalue weighted by Crippen LogP contribution is 2.50. The molecular weight excluding hydrogens is 436 g/mol. The third-order valence-corrected chi connectivity index (χ3v) is 7.96. The van der Waals surface area contributed by atoms with Crippen molar-refractivity contribution in [1.82, 2.24) is 0 Å². The first-order valence-corrected chi connectivity index (χ1v) is 13.0. The summed E-state index contributed by atoms with van der Waals surface area (Å²) in [6.07, 6.45) is 15.2. The minimum atomic E-state index is -0.0511. The first kappa shape index (κ1) is 24.1. The molecule has 0 aromatic heterocycles. The van der Waals surface area contributed by atoms with Crippen LogP contribution in [0.25, 0.3) is 10.8 Å². The zero-order valence-corrected chi connectivity index (χ0v) is 22.4. The Labute approximate surface area is 216 Å². The summed E-state index contributed by atoms with van der Waals surface area (Å²) in [7, 11) is 2.16. The number of hydrogen-bond donors (Lipinski definition) is 0. The van der Waals surface area contributed by atoms with Crippen molar-refractivity contribution < 1.29 is 4.58 Å². The van der Waals surface area contributed by atoms with Gasteiger partial charge in [0, 0.05) is 41.1 Å². The third kappa shape index (κ3) is 3.76. The Morgan fingerprint density at radius 2 is 1.47 bits per heavy atom. The highest BCUT2D eigenvalue weighted by atomic mass is 15.2. The summed E-state index contributed by atoms with van der Waals surface area (Å²) in [4.78, 5) is 2.46. The van der Waals surface area contributed by atoms with Gasteiger partial charge in [-0.1, -0.05) is 92.8 Å². The Morgan fingerprint density at radius 3 is 2.25 bits per heavy atom. The SMILES string of the molecule is CCN1/C(=C/C=C/C=C/C=C/C2=[N+](C)c3ccccc3C2(C)C)C(C)(C)c2c1ccc1ccccc21. The molecule has 0 spiro atoms. The molecule has 0 radical (unpaired) electrons. The van der Waals surface area contributed by atoms with Crippen LogP contribution in [0.5, 0.6) is 0 Å². The van der Waals surface area contributed by atoms with Gasteiger partial charge in [0.25, 0.3) is 0 Å². The summed E-state index contributed by atoms with van der Waals surface area (Å²) in [6.45, 7) is 12.5. The fourth-order valence-electron chi connectivity index (χ4n) is 6.16. The van der Waals surface area contributed by atoms with E-state index in [1.165, 1.54) is 44.7 Å². The third-order valence-electron chi connectivity index (χ3n) is 7.96. The molecule has 0 aliphatic carbocycles. The molecule has 2 aliphatic heterocycles. The molecule has 2 aliphatic rings. The van der Waals surface area contributed by atoms with Gasteiger partial charge < -0.3 is 4.90 Å². The maximum Gasteiger partial charge on any atom is 0.209 e. The number of para-hydroxylation sites is 1. The number of rotatable bonds is 5. The highest BCUT2D eigenvalue weighted by Gasteiger charge is 2.42. The van der Waals surface area contributed by atoms with Crippen LogP contribution in [-0.2, 0) is 10.8 Å². The van der Waals surface area contributed by atoms with Crippen LogP contribution in [0.2, 0.25) is 0 Å². The van der Waals surface area contributed by atoms with Crippen molar-refractivity contribution in [2.45, 2.75) is 45.4 Å². The Bertz CT molecular complexity index is 1470. The summed E-state index contributed by atoms with van der Waals surface area (Å²) in [6, 6.07) is 22.0. The van der Waals surface area contributed by atoms with E-state index in [4.69, 9.17) is 0 Å². The van der Waals surface area contributed by atoms with Gasteiger partial charge >= 0.3 is 0 Å². The van der Waals surface area contributed by atoms with Gasteiger partial charge in [-0.3, -0.25) is 0 Å². The molecule has 0 fully saturated rings. The summed E-state index contributed by atoms with van der Waals surface area (Å²) < 4.78 is 2.31. The van der Waals surface area contributed by atoms with Crippen LogP contribution >= 0.6 is 0 Å².